The van der Waals surface area contributed by atoms with E-state index >= 15 is 0 Å². The van der Waals surface area contributed by atoms with Crippen molar-refractivity contribution in [1.82, 2.24) is 9.78 Å². The molecular weight excluding hydrogens is 136 g/mol. The summed E-state index contributed by atoms with van der Waals surface area (Å²) in [5.41, 5.74) is 2.58. The zero-order chi connectivity index (χ0) is 8.27. The van der Waals surface area contributed by atoms with Crippen LogP contribution in [-0.2, 0) is 13.0 Å². The number of hydrogen-bond acceptors (Lipinski definition) is 1. The van der Waals surface area contributed by atoms with Crippen LogP contribution in [0.3, 0.4) is 0 Å². The van der Waals surface area contributed by atoms with Gasteiger partial charge in [0.15, 0.2) is 0 Å². The smallest absolute Gasteiger partial charge is 0.0590 e. The van der Waals surface area contributed by atoms with Gasteiger partial charge in [-0.25, -0.2) is 0 Å². The van der Waals surface area contributed by atoms with E-state index in [0.29, 0.717) is 0 Å². The van der Waals surface area contributed by atoms with Crippen molar-refractivity contribution in [3.8, 4) is 0 Å². The molecule has 0 spiro atoms. The van der Waals surface area contributed by atoms with Crippen molar-refractivity contribution in [2.45, 2.75) is 26.8 Å². The van der Waals surface area contributed by atoms with E-state index in [1.165, 1.54) is 11.3 Å². The number of aryl methyl sites for hydroxylation is 1. The molecule has 0 aromatic carbocycles. The van der Waals surface area contributed by atoms with Crippen molar-refractivity contribution in [2.24, 2.45) is 0 Å². The largest absolute Gasteiger partial charge is 0.266 e. The highest BCUT2D eigenvalue weighted by atomic mass is 15.3. The first-order valence-corrected chi connectivity index (χ1v) is 3.91. The molecule has 0 fully saturated rings. The molecule has 1 heterocycles. The summed E-state index contributed by atoms with van der Waals surface area (Å²) in [7, 11) is 0. The van der Waals surface area contributed by atoms with Crippen molar-refractivity contribution in [3.63, 3.8) is 0 Å². The standard InChI is InChI=1S/C9H14N2/c1-4-6-11-8(3)9(5-2)7-10-11/h4,7H,1,5-6H2,2-3H3. The quantitative estimate of drug-likeness (QED) is 0.602. The molecule has 1 rings (SSSR count). The molecule has 0 N–H and O–H groups in total. The minimum Gasteiger partial charge on any atom is -0.266 e. The zero-order valence-electron chi connectivity index (χ0n) is 7.17. The molecule has 0 radical (unpaired) electrons. The number of rotatable bonds is 3. The normalized spacial score (nSPS) is 10.0. The fraction of sp³-hybridized carbons (Fsp3) is 0.444. The lowest BCUT2D eigenvalue weighted by atomic mass is 10.2. The zero-order valence-corrected chi connectivity index (χ0v) is 7.17. The predicted octanol–water partition coefficient (Wildman–Crippen LogP) is 1.94. The third-order valence-corrected chi connectivity index (χ3v) is 1.89. The van der Waals surface area contributed by atoms with Crippen LogP contribution in [0.4, 0.5) is 0 Å². The molecule has 0 aliphatic carbocycles. The fourth-order valence-electron chi connectivity index (χ4n) is 1.14. The van der Waals surface area contributed by atoms with Crippen molar-refractivity contribution in [1.29, 1.82) is 0 Å². The minimum absolute atomic E-state index is 0.811. The molecule has 2 heteroatoms. The lowest BCUT2D eigenvalue weighted by Gasteiger charge is -1.99. The minimum atomic E-state index is 0.811. The van der Waals surface area contributed by atoms with Crippen LogP contribution in [-0.4, -0.2) is 9.78 Å². The summed E-state index contributed by atoms with van der Waals surface area (Å²) in [6.45, 7) is 8.72. The molecule has 0 atom stereocenters. The van der Waals surface area contributed by atoms with Crippen LogP contribution >= 0.6 is 0 Å². The molecule has 0 unspecified atom stereocenters. The molecule has 0 bridgehead atoms. The molecule has 1 aromatic rings. The van der Waals surface area contributed by atoms with Crippen LogP contribution in [0.2, 0.25) is 0 Å². The van der Waals surface area contributed by atoms with E-state index in [1.54, 1.807) is 0 Å². The Morgan fingerprint density at radius 3 is 2.91 bits per heavy atom. The van der Waals surface area contributed by atoms with Gasteiger partial charge in [0.25, 0.3) is 0 Å². The molecular formula is C9H14N2. The first-order valence-electron chi connectivity index (χ1n) is 3.91. The summed E-state index contributed by atoms with van der Waals surface area (Å²) >= 11 is 0. The van der Waals surface area contributed by atoms with Gasteiger partial charge in [0.05, 0.1) is 12.7 Å². The summed E-state index contributed by atoms with van der Waals surface area (Å²) in [5.74, 6) is 0. The first kappa shape index (κ1) is 8.05. The monoisotopic (exact) mass is 150 g/mol. The molecule has 60 valence electrons. The van der Waals surface area contributed by atoms with Gasteiger partial charge in [0.2, 0.25) is 0 Å². The fourth-order valence-corrected chi connectivity index (χ4v) is 1.14. The van der Waals surface area contributed by atoms with Crippen LogP contribution in [0, 0.1) is 6.92 Å². The van der Waals surface area contributed by atoms with Crippen LogP contribution in [0.15, 0.2) is 18.9 Å². The second kappa shape index (κ2) is 3.37. The number of nitrogens with zero attached hydrogens (tertiary/aromatic N) is 2. The van der Waals surface area contributed by atoms with E-state index in [-0.39, 0.29) is 0 Å². The van der Waals surface area contributed by atoms with E-state index in [0.717, 1.165) is 13.0 Å². The highest BCUT2D eigenvalue weighted by Crippen LogP contribution is 2.06. The van der Waals surface area contributed by atoms with Gasteiger partial charge in [-0.05, 0) is 18.9 Å². The average molecular weight is 150 g/mol. The Balaban J connectivity index is 2.90. The van der Waals surface area contributed by atoms with Crippen molar-refractivity contribution in [2.75, 3.05) is 0 Å². The number of allylic oxidation sites excluding steroid dienone is 1. The van der Waals surface area contributed by atoms with Gasteiger partial charge < -0.3 is 0 Å². The SMILES string of the molecule is C=CCn1ncc(CC)c1C. The molecule has 0 aliphatic heterocycles. The second-order valence-electron chi connectivity index (χ2n) is 2.58. The molecule has 2 nitrogen and oxygen atoms in total. The van der Waals surface area contributed by atoms with Crippen LogP contribution < -0.4 is 0 Å². The summed E-state index contributed by atoms with van der Waals surface area (Å²) in [6, 6.07) is 0. The summed E-state index contributed by atoms with van der Waals surface area (Å²) in [5, 5.41) is 4.22. The Morgan fingerprint density at radius 1 is 1.73 bits per heavy atom. The molecule has 0 amide bonds. The number of aromatic nitrogens is 2. The van der Waals surface area contributed by atoms with Gasteiger partial charge in [0, 0.05) is 5.69 Å². The van der Waals surface area contributed by atoms with Gasteiger partial charge in [-0.1, -0.05) is 13.0 Å². The van der Waals surface area contributed by atoms with Crippen LogP contribution in [0.1, 0.15) is 18.2 Å². The lowest BCUT2D eigenvalue weighted by molar-refractivity contribution is 0.678. The van der Waals surface area contributed by atoms with E-state index in [9.17, 15) is 0 Å². The van der Waals surface area contributed by atoms with E-state index < -0.39 is 0 Å². The van der Waals surface area contributed by atoms with Crippen molar-refractivity contribution < 1.29 is 0 Å². The van der Waals surface area contributed by atoms with E-state index in [2.05, 4.69) is 25.5 Å². The molecule has 0 saturated carbocycles. The van der Waals surface area contributed by atoms with Gasteiger partial charge in [-0.3, -0.25) is 4.68 Å². The van der Waals surface area contributed by atoms with Gasteiger partial charge >= 0.3 is 0 Å². The summed E-state index contributed by atoms with van der Waals surface area (Å²) < 4.78 is 1.96. The van der Waals surface area contributed by atoms with E-state index in [4.69, 9.17) is 0 Å². The van der Waals surface area contributed by atoms with Gasteiger partial charge in [-0.2, -0.15) is 5.10 Å². The molecule has 1 aromatic heterocycles. The Hall–Kier alpha value is -1.05. The average Bonchev–Trinajstić information content (AvgIpc) is 2.34. The maximum atomic E-state index is 4.22. The Kier molecular flexibility index (Phi) is 2.47. The maximum Gasteiger partial charge on any atom is 0.0590 e. The maximum absolute atomic E-state index is 4.22. The highest BCUT2D eigenvalue weighted by molar-refractivity contribution is 5.15. The number of hydrogen-bond donors (Lipinski definition) is 0. The highest BCUT2D eigenvalue weighted by Gasteiger charge is 2.01. The Morgan fingerprint density at radius 2 is 2.45 bits per heavy atom. The molecule has 11 heavy (non-hydrogen) atoms. The van der Waals surface area contributed by atoms with Crippen molar-refractivity contribution in [3.05, 3.63) is 30.1 Å². The Labute approximate surface area is 67.5 Å². The lowest BCUT2D eigenvalue weighted by Crippen LogP contribution is -1.99. The third kappa shape index (κ3) is 1.50. The van der Waals surface area contributed by atoms with Gasteiger partial charge in [-0.15, -0.1) is 6.58 Å². The van der Waals surface area contributed by atoms with Crippen LogP contribution in [0.25, 0.3) is 0 Å². The van der Waals surface area contributed by atoms with Gasteiger partial charge in [0.1, 0.15) is 0 Å². The third-order valence-electron chi connectivity index (χ3n) is 1.89. The predicted molar refractivity (Wildman–Crippen MR) is 46.5 cm³/mol. The second-order valence-corrected chi connectivity index (χ2v) is 2.58. The molecule has 0 aliphatic rings. The molecule has 0 saturated heterocycles. The van der Waals surface area contributed by atoms with Crippen molar-refractivity contribution >= 4 is 0 Å². The summed E-state index contributed by atoms with van der Waals surface area (Å²) in [6.07, 6.45) is 4.85. The first-order chi connectivity index (χ1) is 5.29. The van der Waals surface area contributed by atoms with Crippen LogP contribution in [0.5, 0.6) is 0 Å². The Bertz CT molecular complexity index is 248. The topological polar surface area (TPSA) is 17.8 Å². The summed E-state index contributed by atoms with van der Waals surface area (Å²) in [4.78, 5) is 0. The van der Waals surface area contributed by atoms with E-state index in [1.807, 2.05) is 17.0 Å².